The van der Waals surface area contributed by atoms with Gasteiger partial charge in [0.05, 0.1) is 39.1 Å². The summed E-state index contributed by atoms with van der Waals surface area (Å²) in [6.45, 7) is 0. The van der Waals surface area contributed by atoms with Crippen molar-refractivity contribution >= 4 is 75.9 Å². The zero-order valence-electron chi connectivity index (χ0n) is 32.4. The number of fused-ring (bicyclic) bond motifs is 8. The van der Waals surface area contributed by atoms with E-state index in [1.807, 2.05) is 24.3 Å². The average Bonchev–Trinajstić information content (AvgIpc) is 3.84. The normalized spacial score (nSPS) is 12.0. The van der Waals surface area contributed by atoms with Gasteiger partial charge < -0.3 is 9.13 Å². The van der Waals surface area contributed by atoms with Gasteiger partial charge in [0.15, 0.2) is 5.82 Å². The standard InChI is InChI=1S/C56H34N4/c1-4-17-35(18-5-1)45-33-46(58-56(57-45)36-19-6-2-7-20-36)40-31-32-48(41-25-12-10-23-38(40)41)60-47-29-15-14-27-44(47)53-50(60)34-51-55-52-42(39-24-11-13-26-43(39)54(53)55)28-16-30-49(52)59(51)37-21-8-3-9-22-37/h1-34H. The van der Waals surface area contributed by atoms with Crippen LogP contribution in [0.2, 0.25) is 0 Å². The largest absolute Gasteiger partial charge is 0.309 e. The SMILES string of the molecule is c1ccc(-c2cc(-c3ccc(-n4c5ccccc5c5c6c7ccccc7c7cccc8c7c6c(cc54)n8-c4ccccc4)c4ccccc34)nc(-c3ccccc3)n2)cc1. The summed E-state index contributed by atoms with van der Waals surface area (Å²) in [5, 5.41) is 12.6. The molecule has 0 atom stereocenters. The maximum atomic E-state index is 5.26. The van der Waals surface area contributed by atoms with Crippen LogP contribution in [0, 0.1) is 0 Å². The van der Waals surface area contributed by atoms with Crippen molar-refractivity contribution in [3.05, 3.63) is 206 Å². The third-order valence-electron chi connectivity index (χ3n) is 12.5. The highest BCUT2D eigenvalue weighted by Gasteiger charge is 2.26. The van der Waals surface area contributed by atoms with E-state index in [2.05, 4.69) is 191 Å². The molecule has 0 saturated heterocycles. The van der Waals surface area contributed by atoms with Crippen LogP contribution in [0.1, 0.15) is 0 Å². The molecule has 0 aliphatic heterocycles. The fourth-order valence-electron chi connectivity index (χ4n) is 9.97. The van der Waals surface area contributed by atoms with Crippen LogP contribution >= 0.6 is 0 Å². The third kappa shape index (κ3) is 4.67. The molecule has 0 bridgehead atoms. The maximum Gasteiger partial charge on any atom is 0.160 e. The van der Waals surface area contributed by atoms with Crippen LogP contribution in [0.5, 0.6) is 0 Å². The summed E-state index contributed by atoms with van der Waals surface area (Å²) in [5.41, 5.74) is 11.9. The molecule has 0 N–H and O–H groups in total. The molecule has 13 rings (SSSR count). The Hall–Kier alpha value is -8.08. The second kappa shape index (κ2) is 12.7. The Morgan fingerprint density at radius 2 is 0.850 bits per heavy atom. The number of nitrogens with zero attached hydrogens (tertiary/aromatic N) is 4. The van der Waals surface area contributed by atoms with Crippen LogP contribution in [-0.2, 0) is 0 Å². The molecule has 4 heteroatoms. The third-order valence-corrected chi connectivity index (χ3v) is 12.5. The summed E-state index contributed by atoms with van der Waals surface area (Å²) in [7, 11) is 0. The summed E-state index contributed by atoms with van der Waals surface area (Å²) in [4.78, 5) is 10.4. The minimum atomic E-state index is 0.706. The molecule has 0 amide bonds. The number of benzene rings is 10. The highest BCUT2D eigenvalue weighted by atomic mass is 15.0. The van der Waals surface area contributed by atoms with Gasteiger partial charge in [0.25, 0.3) is 0 Å². The minimum absolute atomic E-state index is 0.706. The van der Waals surface area contributed by atoms with E-state index < -0.39 is 0 Å². The van der Waals surface area contributed by atoms with Crippen molar-refractivity contribution in [2.45, 2.75) is 0 Å². The summed E-state index contributed by atoms with van der Waals surface area (Å²) < 4.78 is 4.97. The Morgan fingerprint density at radius 1 is 0.300 bits per heavy atom. The molecule has 3 heterocycles. The molecule has 60 heavy (non-hydrogen) atoms. The predicted molar refractivity (Wildman–Crippen MR) is 251 cm³/mol. The summed E-state index contributed by atoms with van der Waals surface area (Å²) in [6, 6.07) is 74.1. The van der Waals surface area contributed by atoms with E-state index in [1.165, 1.54) is 65.2 Å². The van der Waals surface area contributed by atoms with Gasteiger partial charge in [-0.1, -0.05) is 164 Å². The number of aromatic nitrogens is 4. The smallest absolute Gasteiger partial charge is 0.160 e. The van der Waals surface area contributed by atoms with Crippen LogP contribution in [-0.4, -0.2) is 19.1 Å². The Bertz CT molecular complexity index is 3750. The number of hydrogen-bond acceptors (Lipinski definition) is 2. The molecule has 278 valence electrons. The van der Waals surface area contributed by atoms with Gasteiger partial charge in [0, 0.05) is 54.7 Å². The first kappa shape index (κ1) is 32.9. The monoisotopic (exact) mass is 762 g/mol. The molecule has 4 nitrogen and oxygen atoms in total. The molecule has 0 saturated carbocycles. The van der Waals surface area contributed by atoms with E-state index in [0.717, 1.165) is 50.2 Å². The Balaban J connectivity index is 1.15. The van der Waals surface area contributed by atoms with Crippen LogP contribution in [0.15, 0.2) is 206 Å². The van der Waals surface area contributed by atoms with E-state index in [4.69, 9.17) is 9.97 Å². The zero-order valence-corrected chi connectivity index (χ0v) is 32.4. The topological polar surface area (TPSA) is 35.6 Å². The van der Waals surface area contributed by atoms with Crippen molar-refractivity contribution in [1.82, 2.24) is 19.1 Å². The highest BCUT2D eigenvalue weighted by molar-refractivity contribution is 6.42. The molecule has 0 fully saturated rings. The summed E-state index contributed by atoms with van der Waals surface area (Å²) >= 11 is 0. The summed E-state index contributed by atoms with van der Waals surface area (Å²) in [6.07, 6.45) is 0. The molecular formula is C56H34N4. The van der Waals surface area contributed by atoms with Gasteiger partial charge in [-0.3, -0.25) is 0 Å². The van der Waals surface area contributed by atoms with E-state index >= 15 is 0 Å². The molecule has 0 radical (unpaired) electrons. The minimum Gasteiger partial charge on any atom is -0.309 e. The van der Waals surface area contributed by atoms with Crippen molar-refractivity contribution in [2.24, 2.45) is 0 Å². The lowest BCUT2D eigenvalue weighted by molar-refractivity contribution is 1.17. The van der Waals surface area contributed by atoms with Crippen molar-refractivity contribution < 1.29 is 0 Å². The first-order valence-corrected chi connectivity index (χ1v) is 20.5. The van der Waals surface area contributed by atoms with Gasteiger partial charge in [-0.2, -0.15) is 0 Å². The average molecular weight is 763 g/mol. The fraction of sp³-hybridized carbons (Fsp3) is 0. The molecule has 0 unspecified atom stereocenters. The Morgan fingerprint density at radius 3 is 1.63 bits per heavy atom. The Kier molecular flexibility index (Phi) is 6.98. The van der Waals surface area contributed by atoms with Gasteiger partial charge in [0.2, 0.25) is 0 Å². The first-order chi connectivity index (χ1) is 29.8. The van der Waals surface area contributed by atoms with E-state index in [1.54, 1.807) is 0 Å². The van der Waals surface area contributed by atoms with E-state index in [0.29, 0.717) is 5.82 Å². The van der Waals surface area contributed by atoms with Crippen molar-refractivity contribution in [3.8, 4) is 45.3 Å². The van der Waals surface area contributed by atoms with Crippen molar-refractivity contribution in [2.75, 3.05) is 0 Å². The van der Waals surface area contributed by atoms with Gasteiger partial charge in [-0.25, -0.2) is 9.97 Å². The molecule has 0 aliphatic carbocycles. The number of para-hydroxylation sites is 2. The van der Waals surface area contributed by atoms with Gasteiger partial charge >= 0.3 is 0 Å². The van der Waals surface area contributed by atoms with E-state index in [9.17, 15) is 0 Å². The second-order valence-electron chi connectivity index (χ2n) is 15.7. The van der Waals surface area contributed by atoms with E-state index in [-0.39, 0.29) is 0 Å². The maximum absolute atomic E-state index is 5.26. The lowest BCUT2D eigenvalue weighted by atomic mass is 9.92. The zero-order chi connectivity index (χ0) is 39.3. The van der Waals surface area contributed by atoms with Gasteiger partial charge in [-0.05, 0) is 64.0 Å². The second-order valence-corrected chi connectivity index (χ2v) is 15.7. The lowest BCUT2D eigenvalue weighted by Gasteiger charge is -2.16. The lowest BCUT2D eigenvalue weighted by Crippen LogP contribution is -1.99. The molecule has 3 aromatic heterocycles. The first-order valence-electron chi connectivity index (χ1n) is 20.5. The van der Waals surface area contributed by atoms with Gasteiger partial charge in [0.1, 0.15) is 0 Å². The highest BCUT2D eigenvalue weighted by Crippen LogP contribution is 2.49. The predicted octanol–water partition coefficient (Wildman–Crippen LogP) is 14.6. The molecular weight excluding hydrogens is 729 g/mol. The molecule has 0 aliphatic rings. The molecule has 10 aromatic carbocycles. The fourth-order valence-corrected chi connectivity index (χ4v) is 9.97. The quantitative estimate of drug-likeness (QED) is 0.164. The van der Waals surface area contributed by atoms with Crippen LogP contribution < -0.4 is 0 Å². The van der Waals surface area contributed by atoms with Crippen molar-refractivity contribution in [1.29, 1.82) is 0 Å². The Labute approximate surface area is 345 Å². The van der Waals surface area contributed by atoms with Crippen molar-refractivity contribution in [3.63, 3.8) is 0 Å². The van der Waals surface area contributed by atoms with Crippen LogP contribution in [0.25, 0.3) is 121 Å². The van der Waals surface area contributed by atoms with Crippen LogP contribution in [0.3, 0.4) is 0 Å². The molecule has 0 spiro atoms. The summed E-state index contributed by atoms with van der Waals surface area (Å²) in [5.74, 6) is 0.706. The number of rotatable bonds is 5. The molecule has 13 aromatic rings. The van der Waals surface area contributed by atoms with Gasteiger partial charge in [-0.15, -0.1) is 0 Å². The van der Waals surface area contributed by atoms with Crippen LogP contribution in [0.4, 0.5) is 0 Å². The number of hydrogen-bond donors (Lipinski definition) is 0.